The van der Waals surface area contributed by atoms with Gasteiger partial charge in [-0.1, -0.05) is 54.0 Å². The van der Waals surface area contributed by atoms with Crippen molar-refractivity contribution in [3.63, 3.8) is 0 Å². The van der Waals surface area contributed by atoms with Crippen molar-refractivity contribution in [2.75, 3.05) is 14.2 Å². The molecule has 0 saturated carbocycles. The number of oxime groups is 1. The minimum Gasteiger partial charge on any atom is -0.489 e. The smallest absolute Gasteiger partial charge is 0.360 e. The van der Waals surface area contributed by atoms with Gasteiger partial charge in [-0.05, 0) is 36.5 Å². The van der Waals surface area contributed by atoms with Gasteiger partial charge < -0.3 is 19.1 Å². The number of carbonyl (C=O) groups is 4. The second-order valence-corrected chi connectivity index (χ2v) is 8.27. The standard InChI is InChI=1S/C27H30N2O8/c1-34-27(33)26(28-35-2)21-13-8-6-12-20(21)18-36-22-14-9-7-11-19(22)10-4-3-5-15-25(32)37-29-23(30)16-17-24(29)31/h6-9,11-14H,3-5,10,15-18H2,1-2H3/b28-26+. The molecule has 0 atom stereocenters. The first kappa shape index (κ1) is 27.4. The highest BCUT2D eigenvalue weighted by Gasteiger charge is 2.32. The first-order valence-corrected chi connectivity index (χ1v) is 12.0. The van der Waals surface area contributed by atoms with E-state index in [4.69, 9.17) is 19.1 Å². The molecule has 2 aromatic carbocycles. The van der Waals surface area contributed by atoms with E-state index in [9.17, 15) is 19.2 Å². The average molecular weight is 511 g/mol. The molecule has 2 amide bonds. The zero-order valence-corrected chi connectivity index (χ0v) is 20.9. The Balaban J connectivity index is 1.52. The summed E-state index contributed by atoms with van der Waals surface area (Å²) in [7, 11) is 2.64. The van der Waals surface area contributed by atoms with Gasteiger partial charge in [-0.3, -0.25) is 9.59 Å². The number of unbranched alkanes of at least 4 members (excludes halogenated alkanes) is 2. The number of carbonyl (C=O) groups excluding carboxylic acids is 4. The van der Waals surface area contributed by atoms with E-state index in [1.54, 1.807) is 12.1 Å². The van der Waals surface area contributed by atoms with Gasteiger partial charge in [-0.2, -0.15) is 0 Å². The van der Waals surface area contributed by atoms with Crippen molar-refractivity contribution in [1.82, 2.24) is 5.06 Å². The first-order chi connectivity index (χ1) is 17.9. The predicted molar refractivity (Wildman–Crippen MR) is 132 cm³/mol. The molecule has 0 aromatic heterocycles. The van der Waals surface area contributed by atoms with Crippen molar-refractivity contribution in [1.29, 1.82) is 0 Å². The normalized spacial score (nSPS) is 13.5. The highest BCUT2D eigenvalue weighted by Crippen LogP contribution is 2.23. The van der Waals surface area contributed by atoms with E-state index in [0.29, 0.717) is 22.8 Å². The lowest BCUT2D eigenvalue weighted by molar-refractivity contribution is -0.197. The lowest BCUT2D eigenvalue weighted by atomic mass is 10.0. The summed E-state index contributed by atoms with van der Waals surface area (Å²) in [6, 6.07) is 14.9. The van der Waals surface area contributed by atoms with Gasteiger partial charge in [0.25, 0.3) is 11.8 Å². The second kappa shape index (κ2) is 13.8. The number of nitrogens with zero attached hydrogens (tertiary/aromatic N) is 2. The summed E-state index contributed by atoms with van der Waals surface area (Å²) in [4.78, 5) is 56.9. The summed E-state index contributed by atoms with van der Waals surface area (Å²) in [6.45, 7) is 0.201. The molecule has 0 spiro atoms. The molecule has 0 bridgehead atoms. The van der Waals surface area contributed by atoms with Crippen LogP contribution in [-0.4, -0.2) is 48.7 Å². The van der Waals surface area contributed by atoms with Gasteiger partial charge in [0.05, 0.1) is 7.11 Å². The highest BCUT2D eigenvalue weighted by molar-refractivity contribution is 6.43. The van der Waals surface area contributed by atoms with Crippen molar-refractivity contribution >= 4 is 29.5 Å². The van der Waals surface area contributed by atoms with Gasteiger partial charge in [0, 0.05) is 24.8 Å². The Morgan fingerprint density at radius 1 is 0.892 bits per heavy atom. The molecule has 10 heteroatoms. The van der Waals surface area contributed by atoms with Gasteiger partial charge >= 0.3 is 11.9 Å². The fraction of sp³-hybridized carbons (Fsp3) is 0.370. The quantitative estimate of drug-likeness (QED) is 0.132. The maximum Gasteiger partial charge on any atom is 0.360 e. The van der Waals surface area contributed by atoms with Crippen molar-refractivity contribution in [2.24, 2.45) is 5.16 Å². The van der Waals surface area contributed by atoms with Crippen molar-refractivity contribution in [2.45, 2.75) is 51.6 Å². The van der Waals surface area contributed by atoms with E-state index in [1.807, 2.05) is 36.4 Å². The Hall–Kier alpha value is -4.21. The highest BCUT2D eigenvalue weighted by atomic mass is 16.7. The van der Waals surface area contributed by atoms with Gasteiger partial charge in [-0.15, -0.1) is 5.06 Å². The van der Waals surface area contributed by atoms with Crippen LogP contribution >= 0.6 is 0 Å². The molecule has 1 aliphatic heterocycles. The van der Waals surface area contributed by atoms with Crippen LogP contribution in [0, 0.1) is 0 Å². The SMILES string of the molecule is CO/N=C(/C(=O)OC)c1ccccc1COc1ccccc1CCCCCC(=O)ON1C(=O)CCC1=O. The molecule has 0 unspecified atom stereocenters. The molecular formula is C27H30N2O8. The summed E-state index contributed by atoms with van der Waals surface area (Å²) >= 11 is 0. The third-order valence-corrected chi connectivity index (χ3v) is 5.72. The van der Waals surface area contributed by atoms with Crippen LogP contribution in [0.15, 0.2) is 53.7 Å². The number of imide groups is 1. The number of hydrogen-bond acceptors (Lipinski definition) is 9. The van der Waals surface area contributed by atoms with Gasteiger partial charge in [0.15, 0.2) is 5.71 Å². The Bertz CT molecular complexity index is 1140. The van der Waals surface area contributed by atoms with E-state index in [-0.39, 0.29) is 31.6 Å². The summed E-state index contributed by atoms with van der Waals surface area (Å²) < 4.78 is 10.9. The monoisotopic (exact) mass is 510 g/mol. The molecule has 1 heterocycles. The maximum atomic E-state index is 12.2. The Labute approximate surface area is 215 Å². The third kappa shape index (κ3) is 7.63. The molecule has 1 fully saturated rings. The number of aryl methyl sites for hydroxylation is 1. The van der Waals surface area contributed by atoms with Crippen LogP contribution in [0.3, 0.4) is 0 Å². The molecule has 37 heavy (non-hydrogen) atoms. The van der Waals surface area contributed by atoms with E-state index in [0.717, 1.165) is 30.4 Å². The zero-order chi connectivity index (χ0) is 26.6. The minimum absolute atomic E-state index is 0.0504. The van der Waals surface area contributed by atoms with Crippen LogP contribution in [0.25, 0.3) is 0 Å². The number of esters is 1. The summed E-state index contributed by atoms with van der Waals surface area (Å²) in [5.41, 5.74) is 2.36. The average Bonchev–Trinajstić information content (AvgIpc) is 3.22. The van der Waals surface area contributed by atoms with Gasteiger partial charge in [0.2, 0.25) is 0 Å². The second-order valence-electron chi connectivity index (χ2n) is 8.27. The molecule has 3 rings (SSSR count). The number of hydrogen-bond donors (Lipinski definition) is 0. The van der Waals surface area contributed by atoms with Crippen LogP contribution in [-0.2, 0) is 46.6 Å². The van der Waals surface area contributed by atoms with Crippen LogP contribution in [0.4, 0.5) is 0 Å². The topological polar surface area (TPSA) is 121 Å². The number of benzene rings is 2. The Morgan fingerprint density at radius 3 is 2.27 bits per heavy atom. The number of ether oxygens (including phenoxy) is 2. The number of amides is 2. The maximum absolute atomic E-state index is 12.2. The van der Waals surface area contributed by atoms with E-state index >= 15 is 0 Å². The molecule has 0 radical (unpaired) electrons. The fourth-order valence-electron chi connectivity index (χ4n) is 3.84. The summed E-state index contributed by atoms with van der Waals surface area (Å²) in [5, 5.41) is 4.40. The van der Waals surface area contributed by atoms with Gasteiger partial charge in [-0.25, -0.2) is 9.59 Å². The first-order valence-electron chi connectivity index (χ1n) is 12.0. The fourth-order valence-corrected chi connectivity index (χ4v) is 3.84. The predicted octanol–water partition coefficient (Wildman–Crippen LogP) is 3.50. The molecular weight excluding hydrogens is 480 g/mol. The van der Waals surface area contributed by atoms with E-state index < -0.39 is 23.8 Å². The van der Waals surface area contributed by atoms with E-state index in [1.165, 1.54) is 14.2 Å². The molecule has 0 N–H and O–H groups in total. The number of methoxy groups -OCH3 is 1. The molecule has 196 valence electrons. The number of rotatable bonds is 13. The van der Waals surface area contributed by atoms with Crippen molar-refractivity contribution in [3.8, 4) is 5.75 Å². The van der Waals surface area contributed by atoms with Crippen LogP contribution in [0.2, 0.25) is 0 Å². The summed E-state index contributed by atoms with van der Waals surface area (Å²) in [5.74, 6) is -1.45. The molecule has 0 aliphatic carbocycles. The zero-order valence-electron chi connectivity index (χ0n) is 20.9. The molecule has 1 aliphatic rings. The van der Waals surface area contributed by atoms with Crippen LogP contribution in [0.5, 0.6) is 5.75 Å². The van der Waals surface area contributed by atoms with Crippen molar-refractivity contribution in [3.05, 3.63) is 65.2 Å². The largest absolute Gasteiger partial charge is 0.489 e. The molecule has 1 saturated heterocycles. The van der Waals surface area contributed by atoms with Crippen LogP contribution < -0.4 is 4.74 Å². The van der Waals surface area contributed by atoms with Gasteiger partial charge in [0.1, 0.15) is 19.5 Å². The molecule has 10 nitrogen and oxygen atoms in total. The van der Waals surface area contributed by atoms with E-state index in [2.05, 4.69) is 5.16 Å². The number of para-hydroxylation sites is 1. The third-order valence-electron chi connectivity index (χ3n) is 5.72. The number of hydroxylamine groups is 2. The lowest BCUT2D eigenvalue weighted by Gasteiger charge is -2.14. The lowest BCUT2D eigenvalue weighted by Crippen LogP contribution is -2.31. The van der Waals surface area contributed by atoms with Crippen molar-refractivity contribution < 1.29 is 38.3 Å². The molecule has 2 aromatic rings. The Kier molecular flexibility index (Phi) is 10.2. The minimum atomic E-state index is -0.614. The Morgan fingerprint density at radius 2 is 1.57 bits per heavy atom. The summed E-state index contributed by atoms with van der Waals surface area (Å²) in [6.07, 6.45) is 3.13. The van der Waals surface area contributed by atoms with Crippen LogP contribution in [0.1, 0.15) is 55.2 Å².